The van der Waals surface area contributed by atoms with Crippen LogP contribution in [0.5, 0.6) is 0 Å². The highest BCUT2D eigenvalue weighted by Crippen LogP contribution is 2.42. The van der Waals surface area contributed by atoms with E-state index in [1.165, 1.54) is 38.5 Å². The lowest BCUT2D eigenvalue weighted by Crippen LogP contribution is -2.46. The second-order valence-corrected chi connectivity index (χ2v) is 6.46. The van der Waals surface area contributed by atoms with Gasteiger partial charge >= 0.3 is 0 Å². The Labute approximate surface area is 115 Å². The Hall–Kier alpha value is -0.610. The van der Waals surface area contributed by atoms with Gasteiger partial charge < -0.3 is 15.4 Å². The van der Waals surface area contributed by atoms with Crippen molar-refractivity contribution in [2.24, 2.45) is 11.8 Å². The van der Waals surface area contributed by atoms with Crippen LogP contribution in [-0.4, -0.2) is 37.7 Å². The van der Waals surface area contributed by atoms with Crippen molar-refractivity contribution in [3.8, 4) is 0 Å². The molecule has 3 rings (SSSR count). The van der Waals surface area contributed by atoms with Gasteiger partial charge in [-0.1, -0.05) is 19.3 Å². The van der Waals surface area contributed by atoms with Crippen molar-refractivity contribution in [3.63, 3.8) is 0 Å². The summed E-state index contributed by atoms with van der Waals surface area (Å²) >= 11 is 0. The fourth-order valence-electron chi connectivity index (χ4n) is 4.09. The number of rotatable bonds is 3. The molecule has 0 bridgehead atoms. The molecule has 1 heterocycles. The fourth-order valence-corrected chi connectivity index (χ4v) is 4.09. The van der Waals surface area contributed by atoms with Gasteiger partial charge in [-0.05, 0) is 31.1 Å². The Morgan fingerprint density at radius 3 is 2.95 bits per heavy atom. The molecule has 1 aliphatic heterocycles. The Morgan fingerprint density at radius 1 is 1.21 bits per heavy atom. The molecule has 0 radical (unpaired) electrons. The molecule has 4 heteroatoms. The first-order valence-electron chi connectivity index (χ1n) is 7.92. The van der Waals surface area contributed by atoms with Gasteiger partial charge in [-0.25, -0.2) is 0 Å². The first kappa shape index (κ1) is 13.4. The smallest absolute Gasteiger partial charge is 0.221 e. The number of hydrogen-bond donors (Lipinski definition) is 2. The van der Waals surface area contributed by atoms with Gasteiger partial charge in [0.1, 0.15) is 0 Å². The second-order valence-electron chi connectivity index (χ2n) is 6.46. The maximum atomic E-state index is 12.1. The van der Waals surface area contributed by atoms with Crippen molar-refractivity contribution in [2.75, 3.05) is 19.8 Å². The van der Waals surface area contributed by atoms with E-state index < -0.39 is 0 Å². The van der Waals surface area contributed by atoms with Crippen molar-refractivity contribution in [3.05, 3.63) is 0 Å². The monoisotopic (exact) mass is 266 g/mol. The van der Waals surface area contributed by atoms with Gasteiger partial charge in [0.2, 0.25) is 5.91 Å². The molecule has 2 N–H and O–H groups in total. The summed E-state index contributed by atoms with van der Waals surface area (Å²) in [6, 6.07) is 0.632. The molecule has 1 amide bonds. The van der Waals surface area contributed by atoms with Crippen LogP contribution in [0.3, 0.4) is 0 Å². The predicted molar refractivity (Wildman–Crippen MR) is 73.8 cm³/mol. The number of hydrogen-bond acceptors (Lipinski definition) is 3. The van der Waals surface area contributed by atoms with E-state index in [2.05, 4.69) is 10.6 Å². The van der Waals surface area contributed by atoms with Crippen LogP contribution in [0.1, 0.15) is 44.9 Å². The van der Waals surface area contributed by atoms with Gasteiger partial charge in [-0.3, -0.25) is 4.79 Å². The maximum absolute atomic E-state index is 12.1. The van der Waals surface area contributed by atoms with Crippen molar-refractivity contribution in [1.82, 2.24) is 10.6 Å². The van der Waals surface area contributed by atoms with Crippen LogP contribution in [0.15, 0.2) is 0 Å². The third-order valence-electron chi connectivity index (χ3n) is 5.09. The Kier molecular flexibility index (Phi) is 4.38. The minimum Gasteiger partial charge on any atom is -0.378 e. The number of amides is 1. The molecule has 3 fully saturated rings. The molecule has 0 aromatic rings. The highest BCUT2D eigenvalue weighted by molar-refractivity contribution is 5.76. The SMILES string of the molecule is O=C(CC1COCCN1)NC1CCC2CCCC2C1. The number of carbonyl (C=O) groups is 1. The standard InChI is InChI=1S/C15H26N2O2/c18-15(9-14-10-19-7-6-16-14)17-13-5-4-11-2-1-3-12(11)8-13/h11-14,16H,1-10H2,(H,17,18). The van der Waals surface area contributed by atoms with E-state index in [0.29, 0.717) is 19.1 Å². The molecule has 1 saturated heterocycles. The average molecular weight is 266 g/mol. The third-order valence-corrected chi connectivity index (χ3v) is 5.09. The first-order chi connectivity index (χ1) is 9.31. The fraction of sp³-hybridized carbons (Fsp3) is 0.933. The molecule has 0 aromatic heterocycles. The molecule has 0 spiro atoms. The van der Waals surface area contributed by atoms with Crippen LogP contribution < -0.4 is 10.6 Å². The molecule has 4 atom stereocenters. The zero-order chi connectivity index (χ0) is 13.1. The van der Waals surface area contributed by atoms with E-state index in [1.807, 2.05) is 0 Å². The van der Waals surface area contributed by atoms with Crippen molar-refractivity contribution < 1.29 is 9.53 Å². The van der Waals surface area contributed by atoms with Crippen LogP contribution in [0.2, 0.25) is 0 Å². The minimum atomic E-state index is 0.199. The molecular weight excluding hydrogens is 240 g/mol. The van der Waals surface area contributed by atoms with Crippen molar-refractivity contribution in [2.45, 2.75) is 57.0 Å². The van der Waals surface area contributed by atoms with E-state index in [4.69, 9.17) is 4.74 Å². The van der Waals surface area contributed by atoms with Gasteiger partial charge in [0.05, 0.1) is 13.2 Å². The van der Waals surface area contributed by atoms with Gasteiger partial charge in [0.15, 0.2) is 0 Å². The van der Waals surface area contributed by atoms with Crippen LogP contribution >= 0.6 is 0 Å². The van der Waals surface area contributed by atoms with Gasteiger partial charge in [-0.2, -0.15) is 0 Å². The van der Waals surface area contributed by atoms with E-state index in [1.54, 1.807) is 0 Å². The highest BCUT2D eigenvalue weighted by Gasteiger charge is 2.34. The average Bonchev–Trinajstić information content (AvgIpc) is 2.87. The number of nitrogens with one attached hydrogen (secondary N) is 2. The van der Waals surface area contributed by atoms with Gasteiger partial charge in [0.25, 0.3) is 0 Å². The largest absolute Gasteiger partial charge is 0.378 e. The highest BCUT2D eigenvalue weighted by atomic mass is 16.5. The van der Waals surface area contributed by atoms with E-state index in [-0.39, 0.29) is 11.9 Å². The van der Waals surface area contributed by atoms with Gasteiger partial charge in [-0.15, -0.1) is 0 Å². The summed E-state index contributed by atoms with van der Waals surface area (Å²) in [6.45, 7) is 2.30. The third kappa shape index (κ3) is 3.48. The zero-order valence-corrected chi connectivity index (χ0v) is 11.7. The zero-order valence-electron chi connectivity index (χ0n) is 11.7. The number of ether oxygens (including phenoxy) is 1. The number of morpholine rings is 1. The summed E-state index contributed by atoms with van der Waals surface area (Å²) < 4.78 is 5.39. The lowest BCUT2D eigenvalue weighted by Gasteiger charge is -2.33. The number of carbonyl (C=O) groups excluding carboxylic acids is 1. The second kappa shape index (κ2) is 6.23. The quantitative estimate of drug-likeness (QED) is 0.813. The van der Waals surface area contributed by atoms with Crippen LogP contribution in [-0.2, 0) is 9.53 Å². The van der Waals surface area contributed by atoms with E-state index in [9.17, 15) is 4.79 Å². The topological polar surface area (TPSA) is 50.4 Å². The molecule has 2 aliphatic carbocycles. The molecule has 4 nitrogen and oxygen atoms in total. The normalized spacial score (nSPS) is 38.7. The predicted octanol–water partition coefficient (Wildman–Crippen LogP) is 1.45. The summed E-state index contributed by atoms with van der Waals surface area (Å²) in [5.74, 6) is 2.04. The van der Waals surface area contributed by atoms with Crippen molar-refractivity contribution in [1.29, 1.82) is 0 Å². The Morgan fingerprint density at radius 2 is 2.11 bits per heavy atom. The lowest BCUT2D eigenvalue weighted by molar-refractivity contribution is -0.123. The summed E-state index contributed by atoms with van der Waals surface area (Å²) in [6.07, 6.45) is 8.49. The minimum absolute atomic E-state index is 0.199. The molecule has 3 aliphatic rings. The van der Waals surface area contributed by atoms with E-state index >= 15 is 0 Å². The molecule has 108 valence electrons. The molecular formula is C15H26N2O2. The Bertz CT molecular complexity index is 315. The van der Waals surface area contributed by atoms with Crippen LogP contribution in [0.4, 0.5) is 0 Å². The molecule has 4 unspecified atom stereocenters. The first-order valence-corrected chi connectivity index (χ1v) is 7.92. The van der Waals surface area contributed by atoms with Crippen LogP contribution in [0, 0.1) is 11.8 Å². The Balaban J connectivity index is 1.41. The van der Waals surface area contributed by atoms with Crippen molar-refractivity contribution >= 4 is 5.91 Å². The summed E-state index contributed by atoms with van der Waals surface area (Å²) in [5.41, 5.74) is 0. The summed E-state index contributed by atoms with van der Waals surface area (Å²) in [5, 5.41) is 6.58. The lowest BCUT2D eigenvalue weighted by atomic mass is 9.79. The molecule has 2 saturated carbocycles. The summed E-state index contributed by atoms with van der Waals surface area (Å²) in [7, 11) is 0. The maximum Gasteiger partial charge on any atom is 0.221 e. The van der Waals surface area contributed by atoms with Crippen LogP contribution in [0.25, 0.3) is 0 Å². The van der Waals surface area contributed by atoms with Gasteiger partial charge in [0, 0.05) is 25.0 Å². The summed E-state index contributed by atoms with van der Waals surface area (Å²) in [4.78, 5) is 12.1. The number of fused-ring (bicyclic) bond motifs is 1. The molecule has 19 heavy (non-hydrogen) atoms. The van der Waals surface area contributed by atoms with E-state index in [0.717, 1.165) is 25.0 Å². The molecule has 0 aromatic carbocycles.